The maximum absolute atomic E-state index is 12.4. The molecule has 0 bridgehead atoms. The van der Waals surface area contributed by atoms with Gasteiger partial charge in [0.2, 0.25) is 0 Å². The van der Waals surface area contributed by atoms with E-state index in [0.29, 0.717) is 23.8 Å². The van der Waals surface area contributed by atoms with Crippen molar-refractivity contribution in [2.24, 2.45) is 0 Å². The van der Waals surface area contributed by atoms with Gasteiger partial charge in [0.25, 0.3) is 0 Å². The molecule has 1 aliphatic carbocycles. The second-order valence-corrected chi connectivity index (χ2v) is 7.11. The smallest absolute Gasteiger partial charge is 0.337 e. The second-order valence-electron chi connectivity index (χ2n) is 7.11. The Labute approximate surface area is 160 Å². The molecule has 6 nitrogen and oxygen atoms in total. The van der Waals surface area contributed by atoms with Crippen LogP contribution < -0.4 is 15.4 Å². The van der Waals surface area contributed by atoms with Gasteiger partial charge in [0, 0.05) is 5.70 Å². The van der Waals surface area contributed by atoms with Gasteiger partial charge in [-0.2, -0.15) is 0 Å². The fourth-order valence-electron chi connectivity index (χ4n) is 3.71. The number of esters is 1. The number of hydrogen-bond donors (Lipinski definition) is 2. The molecule has 1 atom stereocenters. The van der Waals surface area contributed by atoms with Crippen LogP contribution in [0.25, 0.3) is 0 Å². The van der Waals surface area contributed by atoms with Gasteiger partial charge in [-0.3, -0.25) is 0 Å². The molecule has 2 aliphatic rings. The molecule has 1 fully saturated rings. The molecule has 1 heterocycles. The predicted octanol–water partition coefficient (Wildman–Crippen LogP) is 3.98. The molecule has 1 aliphatic heterocycles. The van der Waals surface area contributed by atoms with E-state index in [1.54, 1.807) is 0 Å². The minimum absolute atomic E-state index is 0.292. The number of carbonyl (C=O) groups excluding carboxylic acids is 2. The summed E-state index contributed by atoms with van der Waals surface area (Å²) < 4.78 is 11.0. The van der Waals surface area contributed by atoms with E-state index in [4.69, 9.17) is 9.47 Å². The zero-order chi connectivity index (χ0) is 19.2. The topological polar surface area (TPSA) is 76.7 Å². The average Bonchev–Trinajstić information content (AvgIpc) is 3.19. The largest absolute Gasteiger partial charge is 0.490 e. The zero-order valence-corrected chi connectivity index (χ0v) is 16.0. The van der Waals surface area contributed by atoms with E-state index in [-0.39, 0.29) is 6.03 Å². The Balaban J connectivity index is 1.84. The van der Waals surface area contributed by atoms with E-state index < -0.39 is 12.0 Å². The quantitative estimate of drug-likeness (QED) is 0.710. The van der Waals surface area contributed by atoms with Gasteiger partial charge in [-0.1, -0.05) is 25.5 Å². The molecule has 1 unspecified atom stereocenters. The summed E-state index contributed by atoms with van der Waals surface area (Å²) in [5, 5.41) is 5.63. The Morgan fingerprint density at radius 2 is 1.89 bits per heavy atom. The van der Waals surface area contributed by atoms with E-state index in [1.165, 1.54) is 20.0 Å². The molecule has 3 rings (SSSR count). The van der Waals surface area contributed by atoms with Gasteiger partial charge in [0.1, 0.15) is 5.75 Å². The predicted molar refractivity (Wildman–Crippen MR) is 102 cm³/mol. The summed E-state index contributed by atoms with van der Waals surface area (Å²) in [5.41, 5.74) is 1.94. The van der Waals surface area contributed by atoms with Gasteiger partial charge in [-0.15, -0.1) is 0 Å². The summed E-state index contributed by atoms with van der Waals surface area (Å²) >= 11 is 0. The first-order chi connectivity index (χ1) is 13.1. The van der Waals surface area contributed by atoms with Gasteiger partial charge in [0.15, 0.2) is 0 Å². The van der Waals surface area contributed by atoms with Gasteiger partial charge >= 0.3 is 12.0 Å². The van der Waals surface area contributed by atoms with Crippen LogP contribution in [0, 0.1) is 0 Å². The Hall–Kier alpha value is -2.50. The van der Waals surface area contributed by atoms with Crippen molar-refractivity contribution in [2.75, 3.05) is 7.11 Å². The van der Waals surface area contributed by atoms with Crippen LogP contribution in [-0.4, -0.2) is 25.2 Å². The molecule has 0 aromatic heterocycles. The highest BCUT2D eigenvalue weighted by atomic mass is 16.5. The number of urea groups is 1. The Morgan fingerprint density at radius 1 is 1.19 bits per heavy atom. The van der Waals surface area contributed by atoms with Crippen molar-refractivity contribution in [2.45, 2.75) is 64.0 Å². The molecular formula is C21H28N2O4. The van der Waals surface area contributed by atoms with Crippen molar-refractivity contribution >= 4 is 12.0 Å². The highest BCUT2D eigenvalue weighted by Gasteiger charge is 2.33. The molecule has 27 heavy (non-hydrogen) atoms. The summed E-state index contributed by atoms with van der Waals surface area (Å²) in [4.78, 5) is 24.6. The fourth-order valence-corrected chi connectivity index (χ4v) is 3.71. The Kier molecular flexibility index (Phi) is 6.37. The fraction of sp³-hybridized carbons (Fsp3) is 0.524. The summed E-state index contributed by atoms with van der Waals surface area (Å²) in [7, 11) is 1.36. The number of nitrogens with one attached hydrogen (secondary N) is 2. The van der Waals surface area contributed by atoms with E-state index >= 15 is 0 Å². The molecule has 1 saturated carbocycles. The number of carbonyl (C=O) groups is 2. The number of allylic oxidation sites excluding steroid dienone is 1. The molecular weight excluding hydrogens is 344 g/mol. The highest BCUT2D eigenvalue weighted by Crippen LogP contribution is 2.31. The number of unbranched alkanes of at least 4 members (excludes halogenated alkanes) is 1. The van der Waals surface area contributed by atoms with Crippen molar-refractivity contribution in [1.29, 1.82) is 0 Å². The number of methoxy groups -OCH3 is 1. The molecule has 1 aromatic rings. The lowest BCUT2D eigenvalue weighted by molar-refractivity contribution is -0.136. The van der Waals surface area contributed by atoms with E-state index in [9.17, 15) is 9.59 Å². The van der Waals surface area contributed by atoms with Crippen LogP contribution in [0.15, 0.2) is 35.5 Å². The van der Waals surface area contributed by atoms with Gasteiger partial charge in [-0.05, 0) is 56.2 Å². The first-order valence-electron chi connectivity index (χ1n) is 9.77. The maximum atomic E-state index is 12.4. The molecule has 146 valence electrons. The highest BCUT2D eigenvalue weighted by molar-refractivity contribution is 5.95. The second kappa shape index (κ2) is 8.93. The standard InChI is InChI=1S/C21H28N2O4/c1-3-4-9-17-18(20(24)26-2)19(23-21(25)22-17)14-10-12-16(13-11-14)27-15-7-5-6-8-15/h10-13,15,19H,3-9H2,1-2H3,(H2,22,23,25). The molecule has 2 N–H and O–H groups in total. The van der Waals surface area contributed by atoms with Gasteiger partial charge < -0.3 is 20.1 Å². The molecule has 0 saturated heterocycles. The van der Waals surface area contributed by atoms with Crippen LogP contribution in [0.4, 0.5) is 4.79 Å². The minimum Gasteiger partial charge on any atom is -0.490 e. The molecule has 1 aromatic carbocycles. The lowest BCUT2D eigenvalue weighted by Gasteiger charge is -2.29. The SMILES string of the molecule is CCCCC1=C(C(=O)OC)C(c2ccc(OC3CCCC3)cc2)NC(=O)N1. The van der Waals surface area contributed by atoms with Crippen LogP contribution in [0.5, 0.6) is 5.75 Å². The Morgan fingerprint density at radius 3 is 2.52 bits per heavy atom. The summed E-state index contributed by atoms with van der Waals surface area (Å²) in [6, 6.07) is 6.79. The van der Waals surface area contributed by atoms with E-state index in [2.05, 4.69) is 17.6 Å². The molecule has 0 radical (unpaired) electrons. The van der Waals surface area contributed by atoms with E-state index in [0.717, 1.165) is 37.0 Å². The van der Waals surface area contributed by atoms with Crippen LogP contribution in [0.3, 0.4) is 0 Å². The first-order valence-corrected chi connectivity index (χ1v) is 9.77. The minimum atomic E-state index is -0.529. The van der Waals surface area contributed by atoms with Crippen molar-refractivity contribution in [1.82, 2.24) is 10.6 Å². The Bertz CT molecular complexity index is 705. The zero-order valence-electron chi connectivity index (χ0n) is 16.0. The summed E-state index contributed by atoms with van der Waals surface area (Å²) in [6.45, 7) is 2.07. The summed E-state index contributed by atoms with van der Waals surface area (Å²) in [5.74, 6) is 0.394. The number of hydrogen-bond acceptors (Lipinski definition) is 4. The van der Waals surface area contributed by atoms with Crippen molar-refractivity contribution in [3.05, 3.63) is 41.1 Å². The van der Waals surface area contributed by atoms with Gasteiger partial charge in [-0.25, -0.2) is 9.59 Å². The number of benzene rings is 1. The number of ether oxygens (including phenoxy) is 2. The van der Waals surface area contributed by atoms with Crippen LogP contribution in [0.2, 0.25) is 0 Å². The maximum Gasteiger partial charge on any atom is 0.337 e. The molecule has 0 spiro atoms. The lowest BCUT2D eigenvalue weighted by atomic mass is 9.93. The van der Waals surface area contributed by atoms with E-state index in [1.807, 2.05) is 24.3 Å². The third kappa shape index (κ3) is 4.62. The van der Waals surface area contributed by atoms with Crippen molar-refractivity contribution in [3.8, 4) is 5.75 Å². The van der Waals surface area contributed by atoms with Crippen LogP contribution >= 0.6 is 0 Å². The molecule has 2 amide bonds. The van der Waals surface area contributed by atoms with Crippen LogP contribution in [-0.2, 0) is 9.53 Å². The monoisotopic (exact) mass is 372 g/mol. The first kappa shape index (κ1) is 19.3. The van der Waals surface area contributed by atoms with Crippen molar-refractivity contribution < 1.29 is 19.1 Å². The number of amides is 2. The third-order valence-corrected chi connectivity index (χ3v) is 5.16. The van der Waals surface area contributed by atoms with Crippen molar-refractivity contribution in [3.63, 3.8) is 0 Å². The van der Waals surface area contributed by atoms with Crippen LogP contribution in [0.1, 0.15) is 63.5 Å². The average molecular weight is 372 g/mol. The lowest BCUT2D eigenvalue weighted by Crippen LogP contribution is -2.45. The number of rotatable bonds is 7. The molecule has 6 heteroatoms. The van der Waals surface area contributed by atoms with Gasteiger partial charge in [0.05, 0.1) is 24.8 Å². The third-order valence-electron chi connectivity index (χ3n) is 5.16. The summed E-state index contributed by atoms with van der Waals surface area (Å²) in [6.07, 6.45) is 7.42. The normalized spacial score (nSPS) is 20.2.